The first-order valence-corrected chi connectivity index (χ1v) is 18.1. The Morgan fingerprint density at radius 3 is 2.46 bits per heavy atom. The third-order valence-corrected chi connectivity index (χ3v) is 10.6. The number of nitrogens with one attached hydrogen (secondary N) is 3. The number of amides is 1. The number of aromatic nitrogens is 3. The van der Waals surface area contributed by atoms with E-state index in [9.17, 15) is 14.7 Å². The molecule has 0 unspecified atom stereocenters. The van der Waals surface area contributed by atoms with Gasteiger partial charge < -0.3 is 30.5 Å². The largest absolute Gasteiger partial charge is 0.481 e. The van der Waals surface area contributed by atoms with Crippen LogP contribution in [0, 0.1) is 6.92 Å². The Morgan fingerprint density at radius 1 is 0.981 bits per heavy atom. The van der Waals surface area contributed by atoms with Crippen molar-refractivity contribution in [2.24, 2.45) is 0 Å². The van der Waals surface area contributed by atoms with Crippen molar-refractivity contribution in [3.63, 3.8) is 0 Å². The number of aliphatic hydroxyl groups excluding tert-OH is 1. The molecule has 2 saturated heterocycles. The summed E-state index contributed by atoms with van der Waals surface area (Å²) in [5, 5.41) is 20.9. The van der Waals surface area contributed by atoms with Crippen molar-refractivity contribution in [3.05, 3.63) is 104 Å². The lowest BCUT2D eigenvalue weighted by Gasteiger charge is -2.28. The molecule has 3 aromatic heterocycles. The summed E-state index contributed by atoms with van der Waals surface area (Å²) in [5.41, 5.74) is 6.83. The molecule has 2 aromatic carbocycles. The molecule has 52 heavy (non-hydrogen) atoms. The van der Waals surface area contributed by atoms with Crippen molar-refractivity contribution < 1.29 is 19.4 Å². The number of carbonyl (C=O) groups excluding carboxylic acids is 1. The van der Waals surface area contributed by atoms with Crippen molar-refractivity contribution in [1.29, 1.82) is 0 Å². The Morgan fingerprint density at radius 2 is 1.73 bits per heavy atom. The number of ether oxygens (including phenoxy) is 2. The number of hydrogen-bond donors (Lipinski definition) is 4. The number of carbonyl (C=O) groups is 1. The normalized spacial score (nSPS) is 18.9. The average molecular weight is 744 g/mol. The zero-order chi connectivity index (χ0) is 36.4. The Kier molecular flexibility index (Phi) is 10.9. The Labute approximate surface area is 311 Å². The van der Waals surface area contributed by atoms with Crippen LogP contribution in [-0.4, -0.2) is 70.4 Å². The molecule has 0 bridgehead atoms. The summed E-state index contributed by atoms with van der Waals surface area (Å²) >= 11 is 14.2. The summed E-state index contributed by atoms with van der Waals surface area (Å²) in [7, 11) is 1.59. The van der Waals surface area contributed by atoms with Gasteiger partial charge in [-0.25, -0.2) is 9.97 Å². The zero-order valence-electron chi connectivity index (χ0n) is 28.9. The number of hydrogen-bond acceptors (Lipinski definition) is 9. The van der Waals surface area contributed by atoms with E-state index < -0.39 is 6.10 Å². The summed E-state index contributed by atoms with van der Waals surface area (Å²) in [4.78, 5) is 34.6. The molecule has 11 nitrogen and oxygen atoms in total. The van der Waals surface area contributed by atoms with E-state index in [1.54, 1.807) is 13.3 Å². The maximum atomic E-state index is 13.5. The molecule has 270 valence electrons. The smallest absolute Gasteiger partial charge is 0.262 e. The lowest BCUT2D eigenvalue weighted by atomic mass is 9.97. The van der Waals surface area contributed by atoms with Gasteiger partial charge in [0.15, 0.2) is 0 Å². The van der Waals surface area contributed by atoms with Gasteiger partial charge in [0.2, 0.25) is 11.8 Å². The van der Waals surface area contributed by atoms with Gasteiger partial charge in [-0.05, 0) is 43.5 Å². The van der Waals surface area contributed by atoms with Crippen LogP contribution in [0.4, 0.5) is 0 Å². The number of fused-ring (bicyclic) bond motifs is 1. The maximum Gasteiger partial charge on any atom is 0.262 e. The van der Waals surface area contributed by atoms with Gasteiger partial charge in [-0.2, -0.15) is 0 Å². The predicted octanol–water partition coefficient (Wildman–Crippen LogP) is 5.32. The van der Waals surface area contributed by atoms with Crippen LogP contribution in [0.25, 0.3) is 39.2 Å². The summed E-state index contributed by atoms with van der Waals surface area (Å²) in [6, 6.07) is 19.1. The number of aliphatic hydroxyl groups is 1. The van der Waals surface area contributed by atoms with Gasteiger partial charge in [0.25, 0.3) is 5.56 Å². The highest BCUT2D eigenvalue weighted by Gasteiger charge is 2.24. The minimum absolute atomic E-state index is 0.0917. The van der Waals surface area contributed by atoms with Crippen LogP contribution in [0.1, 0.15) is 36.1 Å². The van der Waals surface area contributed by atoms with Crippen LogP contribution >= 0.6 is 23.2 Å². The molecule has 5 aromatic rings. The summed E-state index contributed by atoms with van der Waals surface area (Å²) in [6.07, 6.45) is 3.16. The number of halogens is 2. The van der Waals surface area contributed by atoms with Crippen molar-refractivity contribution in [1.82, 2.24) is 30.3 Å². The topological polar surface area (TPSA) is 139 Å². The van der Waals surface area contributed by atoms with Crippen molar-refractivity contribution >= 4 is 34.8 Å². The lowest BCUT2D eigenvalue weighted by molar-refractivity contribution is -0.119. The van der Waals surface area contributed by atoms with Gasteiger partial charge in [0.1, 0.15) is 5.65 Å². The maximum absolute atomic E-state index is 13.5. The summed E-state index contributed by atoms with van der Waals surface area (Å²) in [5.74, 6) is 0.580. The third-order valence-electron chi connectivity index (χ3n) is 9.80. The van der Waals surface area contributed by atoms with E-state index in [0.29, 0.717) is 77.6 Å². The second-order valence-electron chi connectivity index (χ2n) is 13.2. The predicted molar refractivity (Wildman–Crippen MR) is 202 cm³/mol. The first-order chi connectivity index (χ1) is 25.2. The Bertz CT molecular complexity index is 2190. The van der Waals surface area contributed by atoms with Crippen molar-refractivity contribution in [2.75, 3.05) is 26.9 Å². The van der Waals surface area contributed by atoms with Crippen LogP contribution in [-0.2, 0) is 22.6 Å². The summed E-state index contributed by atoms with van der Waals surface area (Å²) in [6.45, 7) is 4.17. The molecule has 13 heteroatoms. The minimum Gasteiger partial charge on any atom is -0.481 e. The monoisotopic (exact) mass is 742 g/mol. The van der Waals surface area contributed by atoms with E-state index >= 15 is 0 Å². The van der Waals surface area contributed by atoms with Gasteiger partial charge in [-0.1, -0.05) is 65.7 Å². The second-order valence-corrected chi connectivity index (χ2v) is 13.9. The first kappa shape index (κ1) is 36.0. The molecule has 2 aliphatic rings. The van der Waals surface area contributed by atoms with E-state index in [4.69, 9.17) is 42.6 Å². The summed E-state index contributed by atoms with van der Waals surface area (Å²) < 4.78 is 12.5. The van der Waals surface area contributed by atoms with E-state index in [1.807, 2.05) is 67.6 Å². The minimum atomic E-state index is -0.620. The van der Waals surface area contributed by atoms with Crippen LogP contribution in [0.5, 0.6) is 5.88 Å². The highest BCUT2D eigenvalue weighted by atomic mass is 35.5. The number of methoxy groups -OCH3 is 1. The highest BCUT2D eigenvalue weighted by Crippen LogP contribution is 2.42. The molecule has 0 saturated carbocycles. The molecule has 2 aliphatic heterocycles. The molecule has 1 amide bonds. The van der Waals surface area contributed by atoms with Crippen LogP contribution < -0.4 is 26.2 Å². The number of nitrogens with zero attached hydrogens (tertiary/aromatic N) is 3. The number of aryl methyl sites for hydroxylation is 1. The van der Waals surface area contributed by atoms with Crippen molar-refractivity contribution in [3.8, 4) is 39.4 Å². The van der Waals surface area contributed by atoms with Crippen LogP contribution in [0.15, 0.2) is 71.7 Å². The molecule has 3 atom stereocenters. The van der Waals surface area contributed by atoms with E-state index in [-0.39, 0.29) is 30.2 Å². The fourth-order valence-electron chi connectivity index (χ4n) is 6.89. The van der Waals surface area contributed by atoms with Gasteiger partial charge in [0.05, 0.1) is 41.1 Å². The van der Waals surface area contributed by atoms with Gasteiger partial charge in [0, 0.05) is 84.5 Å². The fourth-order valence-corrected chi connectivity index (χ4v) is 7.55. The Balaban J connectivity index is 1.13. The van der Waals surface area contributed by atoms with E-state index in [0.717, 1.165) is 39.8 Å². The van der Waals surface area contributed by atoms with Crippen molar-refractivity contribution in [2.45, 2.75) is 57.5 Å². The number of pyridine rings is 2. The fraction of sp³-hybridized carbons (Fsp3) is 0.333. The van der Waals surface area contributed by atoms with Crippen LogP contribution in [0.3, 0.4) is 0 Å². The van der Waals surface area contributed by atoms with E-state index in [2.05, 4.69) is 16.0 Å². The van der Waals surface area contributed by atoms with Gasteiger partial charge in [-0.3, -0.25) is 14.0 Å². The standard InChI is InChI=1S/C39H40Cl2N6O5/c1-22-30(20-43-32-14-16-52-21-33(32)48)39(50)47-15-13-23(17-34(47)44-22)26-5-3-6-27(36(26)40)28-7-4-8-29(37(28)41)31-11-9-24(38(46-31)51-2)18-42-19-25-10-12-35(49)45-25/h3-9,11,13,15,17,25,32-33,42-43,48H,10,12,14,16,18-21H2,1-2H3,(H,45,49)/t25-,32+,33+/m1/s1. The zero-order valence-corrected chi connectivity index (χ0v) is 30.4. The third kappa shape index (κ3) is 7.43. The Hall–Kier alpha value is -4.36. The second kappa shape index (κ2) is 15.7. The quantitative estimate of drug-likeness (QED) is 0.142. The molecule has 7 rings (SSSR count). The molecule has 0 spiro atoms. The lowest BCUT2D eigenvalue weighted by Crippen LogP contribution is -2.46. The molecule has 2 fully saturated rings. The van der Waals surface area contributed by atoms with Gasteiger partial charge >= 0.3 is 0 Å². The molecular weight excluding hydrogens is 703 g/mol. The first-order valence-electron chi connectivity index (χ1n) is 17.3. The SMILES string of the molecule is COc1nc(-c2cccc(-c3cccc(-c4ccn5c(=O)c(CN[C@H]6CCOC[C@@H]6O)c(C)nc5c4)c3Cl)c2Cl)ccc1CNC[C@H]1CCC(=O)N1. The number of rotatable bonds is 11. The van der Waals surface area contributed by atoms with Crippen LogP contribution in [0.2, 0.25) is 10.0 Å². The highest BCUT2D eigenvalue weighted by molar-refractivity contribution is 6.39. The molecule has 4 N–H and O–H groups in total. The molecular formula is C39H40Cl2N6O5. The number of benzene rings is 2. The molecule has 5 heterocycles. The van der Waals surface area contributed by atoms with Gasteiger partial charge in [-0.15, -0.1) is 0 Å². The molecule has 0 radical (unpaired) electrons. The average Bonchev–Trinajstić information content (AvgIpc) is 3.57. The van der Waals surface area contributed by atoms with E-state index in [1.165, 1.54) is 4.40 Å². The molecule has 0 aliphatic carbocycles.